The zero-order chi connectivity index (χ0) is 14.4. The fourth-order valence-electron chi connectivity index (χ4n) is 2.16. The van der Waals surface area contributed by atoms with Crippen LogP contribution in [-0.4, -0.2) is 29.7 Å². The molecule has 3 heterocycles. The highest BCUT2D eigenvalue weighted by Gasteiger charge is 2.29. The summed E-state index contributed by atoms with van der Waals surface area (Å²) < 4.78 is 6.99. The fourth-order valence-corrected chi connectivity index (χ4v) is 2.82. The summed E-state index contributed by atoms with van der Waals surface area (Å²) >= 11 is 1.49. The van der Waals surface area contributed by atoms with Crippen LogP contribution in [-0.2, 0) is 5.75 Å². The number of rotatable bonds is 4. The molecule has 0 atom stereocenters. The van der Waals surface area contributed by atoms with Crippen molar-refractivity contribution in [2.75, 3.05) is 0 Å². The molecule has 0 N–H and O–H groups in total. The molecular formula is C13H14N6OS. The van der Waals surface area contributed by atoms with Crippen molar-refractivity contribution in [2.24, 2.45) is 0 Å². The molecule has 0 aliphatic heterocycles. The van der Waals surface area contributed by atoms with E-state index in [1.54, 1.807) is 4.52 Å². The van der Waals surface area contributed by atoms with E-state index in [0.29, 0.717) is 28.4 Å². The summed E-state index contributed by atoms with van der Waals surface area (Å²) in [6.07, 6.45) is 2.32. The molecule has 8 heteroatoms. The number of nitrogens with zero attached hydrogens (tertiary/aromatic N) is 6. The molecule has 3 aromatic rings. The van der Waals surface area contributed by atoms with Gasteiger partial charge in [-0.2, -0.15) is 9.97 Å². The molecule has 0 radical (unpaired) electrons. The average Bonchev–Trinajstić information content (AvgIpc) is 3.04. The van der Waals surface area contributed by atoms with Crippen LogP contribution in [0.4, 0.5) is 0 Å². The second-order valence-electron chi connectivity index (χ2n) is 5.26. The van der Waals surface area contributed by atoms with Gasteiger partial charge in [-0.3, -0.25) is 0 Å². The molecule has 4 rings (SSSR count). The molecule has 7 nitrogen and oxygen atoms in total. The SMILES string of the molecule is Cc1cc(C)n2nc(SCc3noc(C4CC4)n3)nc2n1. The largest absolute Gasteiger partial charge is 0.339 e. The van der Waals surface area contributed by atoms with Crippen LogP contribution in [0.3, 0.4) is 0 Å². The second kappa shape index (κ2) is 4.80. The molecule has 108 valence electrons. The Balaban J connectivity index is 1.52. The lowest BCUT2D eigenvalue weighted by Crippen LogP contribution is -1.97. The van der Waals surface area contributed by atoms with E-state index < -0.39 is 0 Å². The van der Waals surface area contributed by atoms with E-state index in [1.807, 2.05) is 19.9 Å². The van der Waals surface area contributed by atoms with Gasteiger partial charge >= 0.3 is 0 Å². The molecule has 1 saturated carbocycles. The molecule has 1 fully saturated rings. The highest BCUT2D eigenvalue weighted by Crippen LogP contribution is 2.39. The molecule has 0 spiro atoms. The van der Waals surface area contributed by atoms with Crippen LogP contribution < -0.4 is 0 Å². The maximum atomic E-state index is 5.24. The van der Waals surface area contributed by atoms with Crippen LogP contribution in [0.25, 0.3) is 5.78 Å². The average molecular weight is 302 g/mol. The minimum absolute atomic E-state index is 0.486. The third kappa shape index (κ3) is 2.51. The van der Waals surface area contributed by atoms with Crippen molar-refractivity contribution in [2.45, 2.75) is 43.5 Å². The summed E-state index contributed by atoms with van der Waals surface area (Å²) in [4.78, 5) is 13.2. The molecule has 1 aliphatic carbocycles. The number of thioether (sulfide) groups is 1. The molecular weight excluding hydrogens is 288 g/mol. The second-order valence-corrected chi connectivity index (χ2v) is 6.20. The molecule has 0 bridgehead atoms. The minimum atomic E-state index is 0.486. The van der Waals surface area contributed by atoms with E-state index in [9.17, 15) is 0 Å². The predicted molar refractivity (Wildman–Crippen MR) is 76.1 cm³/mol. The van der Waals surface area contributed by atoms with Crippen molar-refractivity contribution < 1.29 is 4.52 Å². The van der Waals surface area contributed by atoms with Gasteiger partial charge in [0, 0.05) is 17.3 Å². The smallest absolute Gasteiger partial charge is 0.253 e. The van der Waals surface area contributed by atoms with E-state index in [-0.39, 0.29) is 0 Å². The van der Waals surface area contributed by atoms with Gasteiger partial charge in [0.15, 0.2) is 5.82 Å². The number of hydrogen-bond acceptors (Lipinski definition) is 7. The first kappa shape index (κ1) is 12.8. The van der Waals surface area contributed by atoms with Crippen molar-refractivity contribution in [3.8, 4) is 0 Å². The summed E-state index contributed by atoms with van der Waals surface area (Å²) in [6.45, 7) is 3.94. The van der Waals surface area contributed by atoms with E-state index in [2.05, 4.69) is 25.2 Å². The Morgan fingerprint density at radius 3 is 2.95 bits per heavy atom. The zero-order valence-corrected chi connectivity index (χ0v) is 12.6. The molecule has 3 aromatic heterocycles. The van der Waals surface area contributed by atoms with Crippen LogP contribution in [0.2, 0.25) is 0 Å². The van der Waals surface area contributed by atoms with E-state index >= 15 is 0 Å². The van der Waals surface area contributed by atoms with Crippen molar-refractivity contribution in [1.82, 2.24) is 29.7 Å². The Morgan fingerprint density at radius 2 is 2.14 bits per heavy atom. The van der Waals surface area contributed by atoms with Gasteiger partial charge in [-0.15, -0.1) is 5.10 Å². The monoisotopic (exact) mass is 302 g/mol. The van der Waals surface area contributed by atoms with Crippen LogP contribution >= 0.6 is 11.8 Å². The first-order chi connectivity index (χ1) is 10.2. The summed E-state index contributed by atoms with van der Waals surface area (Å²) in [5.74, 6) is 3.18. The maximum absolute atomic E-state index is 5.24. The van der Waals surface area contributed by atoms with Gasteiger partial charge < -0.3 is 4.52 Å². The lowest BCUT2D eigenvalue weighted by atomic mass is 10.4. The van der Waals surface area contributed by atoms with Gasteiger partial charge in [-0.05, 0) is 32.8 Å². The maximum Gasteiger partial charge on any atom is 0.253 e. The molecule has 0 amide bonds. The predicted octanol–water partition coefficient (Wildman–Crippen LogP) is 2.29. The summed E-state index contributed by atoms with van der Waals surface area (Å²) in [5.41, 5.74) is 1.96. The van der Waals surface area contributed by atoms with Crippen LogP contribution in [0.5, 0.6) is 0 Å². The van der Waals surface area contributed by atoms with Gasteiger partial charge in [-0.1, -0.05) is 16.9 Å². The van der Waals surface area contributed by atoms with Crippen molar-refractivity contribution in [3.63, 3.8) is 0 Å². The van der Waals surface area contributed by atoms with Crippen LogP contribution in [0.1, 0.15) is 41.9 Å². The first-order valence-electron chi connectivity index (χ1n) is 6.85. The summed E-state index contributed by atoms with van der Waals surface area (Å²) in [7, 11) is 0. The number of aromatic nitrogens is 6. The van der Waals surface area contributed by atoms with Crippen molar-refractivity contribution >= 4 is 17.5 Å². The molecule has 0 saturated heterocycles. The standard InChI is InChI=1S/C13H14N6OS/c1-7-5-8(2)19-12(14-7)16-13(17-19)21-6-10-15-11(20-18-10)9-3-4-9/h5,9H,3-4,6H2,1-2H3. The zero-order valence-electron chi connectivity index (χ0n) is 11.8. The van der Waals surface area contributed by atoms with Crippen LogP contribution in [0.15, 0.2) is 15.7 Å². The lowest BCUT2D eigenvalue weighted by molar-refractivity contribution is 0.375. The topological polar surface area (TPSA) is 82.0 Å². The Bertz CT molecular complexity index is 806. The molecule has 21 heavy (non-hydrogen) atoms. The molecule has 0 aromatic carbocycles. The van der Waals surface area contributed by atoms with Gasteiger partial charge in [0.05, 0.1) is 5.75 Å². The van der Waals surface area contributed by atoms with Crippen molar-refractivity contribution in [3.05, 3.63) is 29.2 Å². The highest BCUT2D eigenvalue weighted by molar-refractivity contribution is 7.98. The van der Waals surface area contributed by atoms with E-state index in [0.717, 1.165) is 30.1 Å². The van der Waals surface area contributed by atoms with Gasteiger partial charge in [0.2, 0.25) is 11.0 Å². The van der Waals surface area contributed by atoms with Crippen molar-refractivity contribution in [1.29, 1.82) is 0 Å². The Kier molecular flexibility index (Phi) is 2.91. The van der Waals surface area contributed by atoms with E-state index in [4.69, 9.17) is 4.52 Å². The van der Waals surface area contributed by atoms with Gasteiger partial charge in [0.1, 0.15) is 0 Å². The Labute approximate surface area is 125 Å². The lowest BCUT2D eigenvalue weighted by Gasteiger charge is -1.97. The van der Waals surface area contributed by atoms with Gasteiger partial charge in [0.25, 0.3) is 5.78 Å². The van der Waals surface area contributed by atoms with Gasteiger partial charge in [-0.25, -0.2) is 9.50 Å². The quantitative estimate of drug-likeness (QED) is 0.684. The normalized spacial score (nSPS) is 15.0. The number of aryl methyl sites for hydroxylation is 2. The fraction of sp³-hybridized carbons (Fsp3) is 0.462. The summed E-state index contributed by atoms with van der Waals surface area (Å²) in [5, 5.41) is 9.11. The third-order valence-electron chi connectivity index (χ3n) is 3.34. The Morgan fingerprint density at radius 1 is 1.29 bits per heavy atom. The Hall–Kier alpha value is -1.96. The third-order valence-corrected chi connectivity index (χ3v) is 4.17. The molecule has 1 aliphatic rings. The van der Waals surface area contributed by atoms with E-state index in [1.165, 1.54) is 11.8 Å². The summed E-state index contributed by atoms with van der Waals surface area (Å²) in [6, 6.07) is 1.98. The number of hydrogen-bond donors (Lipinski definition) is 0. The molecule has 0 unspecified atom stereocenters. The first-order valence-corrected chi connectivity index (χ1v) is 7.84. The number of fused-ring (bicyclic) bond motifs is 1. The minimum Gasteiger partial charge on any atom is -0.339 e. The highest BCUT2D eigenvalue weighted by atomic mass is 32.2. The van der Waals surface area contributed by atoms with Crippen LogP contribution in [0, 0.1) is 13.8 Å².